The van der Waals surface area contributed by atoms with Gasteiger partial charge < -0.3 is 10.3 Å². The number of nitrogen functional groups attached to an aromatic ring is 1. The number of aromatic nitrogens is 2. The Morgan fingerprint density at radius 1 is 1.33 bits per heavy atom. The normalized spacial score (nSPS) is 12.6. The Morgan fingerprint density at radius 2 is 2.07 bits per heavy atom. The Morgan fingerprint density at radius 3 is 2.67 bits per heavy atom. The van der Waals surface area contributed by atoms with Crippen LogP contribution in [0, 0.1) is 0 Å². The van der Waals surface area contributed by atoms with Crippen molar-refractivity contribution < 1.29 is 0 Å². The molecule has 0 aliphatic carbocycles. The lowest BCUT2D eigenvalue weighted by molar-refractivity contribution is 0.552. The molecule has 0 fully saturated rings. The lowest BCUT2D eigenvalue weighted by Gasteiger charge is -2.14. The van der Waals surface area contributed by atoms with Crippen LogP contribution in [0.4, 0.5) is 5.95 Å². The zero-order valence-electron chi connectivity index (χ0n) is 8.80. The first-order valence-electron chi connectivity index (χ1n) is 5.09. The minimum Gasteiger partial charge on any atom is -0.369 e. The largest absolute Gasteiger partial charge is 0.369 e. The molecular weight excluding hydrogens is 186 g/mol. The molecule has 0 spiro atoms. The van der Waals surface area contributed by atoms with Crippen molar-refractivity contribution in [2.45, 2.75) is 19.4 Å². The van der Waals surface area contributed by atoms with Crippen LogP contribution in [0.15, 0.2) is 42.7 Å². The Bertz CT molecular complexity index is 419. The maximum Gasteiger partial charge on any atom is 0.200 e. The summed E-state index contributed by atoms with van der Waals surface area (Å²) < 4.78 is 1.99. The zero-order valence-corrected chi connectivity index (χ0v) is 8.80. The van der Waals surface area contributed by atoms with Gasteiger partial charge in [0.25, 0.3) is 0 Å². The molecule has 78 valence electrons. The highest BCUT2D eigenvalue weighted by Gasteiger charge is 2.07. The molecule has 0 aliphatic rings. The number of hydrogen-bond acceptors (Lipinski definition) is 2. The summed E-state index contributed by atoms with van der Waals surface area (Å²) in [6.45, 7) is 2.14. The first-order valence-corrected chi connectivity index (χ1v) is 5.09. The second kappa shape index (κ2) is 4.17. The molecule has 1 atom stereocenters. The lowest BCUT2D eigenvalue weighted by Crippen LogP contribution is -2.10. The Labute approximate surface area is 89.6 Å². The molecule has 0 saturated carbocycles. The van der Waals surface area contributed by atoms with Crippen LogP contribution in [-0.4, -0.2) is 9.55 Å². The Kier molecular flexibility index (Phi) is 2.72. The van der Waals surface area contributed by atoms with Crippen LogP contribution in [0.1, 0.15) is 18.5 Å². The molecule has 0 aliphatic heterocycles. The summed E-state index contributed by atoms with van der Waals surface area (Å²) in [6, 6.07) is 10.7. The second-order valence-corrected chi connectivity index (χ2v) is 3.73. The minimum atomic E-state index is 0.342. The van der Waals surface area contributed by atoms with Gasteiger partial charge in [-0.05, 0) is 18.9 Å². The molecule has 1 aromatic carbocycles. The van der Waals surface area contributed by atoms with E-state index >= 15 is 0 Å². The van der Waals surface area contributed by atoms with Crippen molar-refractivity contribution in [1.82, 2.24) is 9.55 Å². The van der Waals surface area contributed by atoms with E-state index in [0.717, 1.165) is 6.42 Å². The fourth-order valence-corrected chi connectivity index (χ4v) is 1.75. The van der Waals surface area contributed by atoms with Gasteiger partial charge in [0.2, 0.25) is 0 Å². The quantitative estimate of drug-likeness (QED) is 0.827. The van der Waals surface area contributed by atoms with E-state index in [1.807, 2.05) is 16.8 Å². The molecule has 0 radical (unpaired) electrons. The summed E-state index contributed by atoms with van der Waals surface area (Å²) >= 11 is 0. The van der Waals surface area contributed by atoms with E-state index in [1.54, 1.807) is 6.20 Å². The molecule has 0 saturated heterocycles. The minimum absolute atomic E-state index is 0.342. The first kappa shape index (κ1) is 9.77. The van der Waals surface area contributed by atoms with Gasteiger partial charge in [-0.1, -0.05) is 30.3 Å². The maximum atomic E-state index is 5.75. The molecule has 2 aromatic rings. The molecule has 2 rings (SSSR count). The van der Waals surface area contributed by atoms with E-state index in [9.17, 15) is 0 Å². The van der Waals surface area contributed by atoms with Crippen LogP contribution in [0.5, 0.6) is 0 Å². The van der Waals surface area contributed by atoms with Crippen molar-refractivity contribution in [3.8, 4) is 0 Å². The van der Waals surface area contributed by atoms with Gasteiger partial charge in [0.15, 0.2) is 5.95 Å². The number of anilines is 1. The number of hydrogen-bond donors (Lipinski definition) is 1. The highest BCUT2D eigenvalue weighted by atomic mass is 15.1. The van der Waals surface area contributed by atoms with Crippen molar-refractivity contribution in [1.29, 1.82) is 0 Å². The van der Waals surface area contributed by atoms with Gasteiger partial charge in [-0.15, -0.1) is 0 Å². The van der Waals surface area contributed by atoms with Gasteiger partial charge in [0.1, 0.15) is 0 Å². The van der Waals surface area contributed by atoms with Crippen molar-refractivity contribution in [3.05, 3.63) is 48.3 Å². The SMILES string of the molecule is CC(Cc1ccccc1)n1ccnc1N. The highest BCUT2D eigenvalue weighted by Crippen LogP contribution is 2.16. The summed E-state index contributed by atoms with van der Waals surface area (Å²) in [5.74, 6) is 0.582. The molecule has 3 nitrogen and oxygen atoms in total. The van der Waals surface area contributed by atoms with Crippen molar-refractivity contribution in [3.63, 3.8) is 0 Å². The number of rotatable bonds is 3. The second-order valence-electron chi connectivity index (χ2n) is 3.73. The van der Waals surface area contributed by atoms with E-state index in [4.69, 9.17) is 5.73 Å². The topological polar surface area (TPSA) is 43.8 Å². The van der Waals surface area contributed by atoms with E-state index in [-0.39, 0.29) is 0 Å². The van der Waals surface area contributed by atoms with Crippen LogP contribution in [0.25, 0.3) is 0 Å². The monoisotopic (exact) mass is 201 g/mol. The van der Waals surface area contributed by atoms with Crippen LogP contribution in [0.3, 0.4) is 0 Å². The van der Waals surface area contributed by atoms with Crippen LogP contribution in [-0.2, 0) is 6.42 Å². The number of nitrogens with zero attached hydrogens (tertiary/aromatic N) is 2. The predicted molar refractivity (Wildman–Crippen MR) is 61.5 cm³/mol. The van der Waals surface area contributed by atoms with Gasteiger partial charge in [-0.2, -0.15) is 0 Å². The average molecular weight is 201 g/mol. The number of nitrogens with two attached hydrogens (primary N) is 1. The fraction of sp³-hybridized carbons (Fsp3) is 0.250. The maximum absolute atomic E-state index is 5.75. The van der Waals surface area contributed by atoms with E-state index in [2.05, 4.69) is 36.2 Å². The van der Waals surface area contributed by atoms with Gasteiger partial charge >= 0.3 is 0 Å². The third-order valence-electron chi connectivity index (χ3n) is 2.55. The molecule has 15 heavy (non-hydrogen) atoms. The predicted octanol–water partition coefficient (Wildman–Crippen LogP) is 2.27. The van der Waals surface area contributed by atoms with Gasteiger partial charge in [0.05, 0.1) is 0 Å². The van der Waals surface area contributed by atoms with Crippen LogP contribution < -0.4 is 5.73 Å². The molecule has 3 heteroatoms. The smallest absolute Gasteiger partial charge is 0.200 e. The van der Waals surface area contributed by atoms with Crippen molar-refractivity contribution in [2.75, 3.05) is 5.73 Å². The Hall–Kier alpha value is -1.77. The summed E-state index contributed by atoms with van der Waals surface area (Å²) in [5, 5.41) is 0. The molecule has 1 heterocycles. The fourth-order valence-electron chi connectivity index (χ4n) is 1.75. The average Bonchev–Trinajstić information content (AvgIpc) is 2.66. The summed E-state index contributed by atoms with van der Waals surface area (Å²) in [4.78, 5) is 4.02. The molecule has 2 N–H and O–H groups in total. The summed E-state index contributed by atoms with van der Waals surface area (Å²) in [5.41, 5.74) is 7.06. The van der Waals surface area contributed by atoms with E-state index < -0.39 is 0 Å². The number of imidazole rings is 1. The van der Waals surface area contributed by atoms with E-state index in [1.165, 1.54) is 5.56 Å². The van der Waals surface area contributed by atoms with Crippen molar-refractivity contribution in [2.24, 2.45) is 0 Å². The standard InChI is InChI=1S/C12H15N3/c1-10(15-8-7-14-12(15)13)9-11-5-3-2-4-6-11/h2-8,10H,9H2,1H3,(H2,13,14). The van der Waals surface area contributed by atoms with Crippen LogP contribution >= 0.6 is 0 Å². The van der Waals surface area contributed by atoms with Crippen molar-refractivity contribution >= 4 is 5.95 Å². The lowest BCUT2D eigenvalue weighted by atomic mass is 10.1. The van der Waals surface area contributed by atoms with Gasteiger partial charge in [0, 0.05) is 18.4 Å². The molecule has 1 aromatic heterocycles. The number of benzene rings is 1. The highest BCUT2D eigenvalue weighted by molar-refractivity contribution is 5.20. The first-order chi connectivity index (χ1) is 7.27. The molecule has 0 amide bonds. The molecule has 0 bridgehead atoms. The summed E-state index contributed by atoms with van der Waals surface area (Å²) in [7, 11) is 0. The van der Waals surface area contributed by atoms with Gasteiger partial charge in [-0.3, -0.25) is 0 Å². The zero-order chi connectivity index (χ0) is 10.7. The third-order valence-corrected chi connectivity index (χ3v) is 2.55. The van der Waals surface area contributed by atoms with Crippen LogP contribution in [0.2, 0.25) is 0 Å². The molecule has 1 unspecified atom stereocenters. The molecular formula is C12H15N3. The Balaban J connectivity index is 2.11. The third kappa shape index (κ3) is 2.18. The van der Waals surface area contributed by atoms with E-state index in [0.29, 0.717) is 12.0 Å². The summed E-state index contributed by atoms with van der Waals surface area (Å²) in [6.07, 6.45) is 4.63. The van der Waals surface area contributed by atoms with Gasteiger partial charge in [-0.25, -0.2) is 4.98 Å².